The van der Waals surface area contributed by atoms with Crippen molar-refractivity contribution in [1.29, 1.82) is 0 Å². The Morgan fingerprint density at radius 3 is 2.41 bits per heavy atom. The van der Waals surface area contributed by atoms with Crippen molar-refractivity contribution >= 4 is 21.0 Å². The zero-order chi connectivity index (χ0) is 22.4. The lowest BCUT2D eigenvalue weighted by molar-refractivity contribution is 0.222. The van der Waals surface area contributed by atoms with E-state index in [0.29, 0.717) is 18.1 Å². The van der Waals surface area contributed by atoms with Crippen LogP contribution in [0.3, 0.4) is 0 Å². The van der Waals surface area contributed by atoms with E-state index in [4.69, 9.17) is 13.7 Å². The van der Waals surface area contributed by atoms with Gasteiger partial charge in [0.15, 0.2) is 0 Å². The average molecular weight is 450 g/mol. The number of hydrogen-bond donors (Lipinski definition) is 0. The summed E-state index contributed by atoms with van der Waals surface area (Å²) < 4.78 is 41.3. The number of hydrogen-bond acceptors (Lipinski definition) is 6. The van der Waals surface area contributed by atoms with Crippen LogP contribution in [0.25, 0.3) is 10.9 Å². The van der Waals surface area contributed by atoms with Crippen LogP contribution in [0.5, 0.6) is 11.5 Å². The molecule has 7 heteroatoms. The van der Waals surface area contributed by atoms with Crippen LogP contribution in [0.15, 0.2) is 90.0 Å². The molecule has 0 amide bonds. The van der Waals surface area contributed by atoms with E-state index in [-0.39, 0.29) is 18.1 Å². The summed E-state index contributed by atoms with van der Waals surface area (Å²) in [6.45, 7) is 2.34. The minimum Gasteiger partial charge on any atom is -0.490 e. The van der Waals surface area contributed by atoms with Crippen LogP contribution in [-0.2, 0) is 20.9 Å². The fourth-order valence-electron chi connectivity index (χ4n) is 3.13. The van der Waals surface area contributed by atoms with Crippen LogP contribution in [0, 0.1) is 6.92 Å². The summed E-state index contributed by atoms with van der Waals surface area (Å²) in [6, 6.07) is 23.8. The summed E-state index contributed by atoms with van der Waals surface area (Å²) in [6.07, 6.45) is 1.64. The Morgan fingerprint density at radius 2 is 1.62 bits per heavy atom. The van der Waals surface area contributed by atoms with Crippen molar-refractivity contribution in [3.8, 4) is 11.5 Å². The van der Waals surface area contributed by atoms with Gasteiger partial charge in [-0.1, -0.05) is 48.0 Å². The lowest BCUT2D eigenvalue weighted by Crippen LogP contribution is -2.13. The van der Waals surface area contributed by atoms with Gasteiger partial charge in [-0.15, -0.1) is 0 Å². The molecule has 0 saturated carbocycles. The highest BCUT2D eigenvalue weighted by Gasteiger charge is 2.15. The van der Waals surface area contributed by atoms with Gasteiger partial charge in [-0.2, -0.15) is 8.42 Å². The first kappa shape index (κ1) is 21.8. The lowest BCUT2D eigenvalue weighted by atomic mass is 10.2. The Bertz CT molecular complexity index is 1290. The molecule has 0 aliphatic heterocycles. The molecule has 32 heavy (non-hydrogen) atoms. The van der Waals surface area contributed by atoms with Gasteiger partial charge in [0.05, 0.1) is 10.4 Å². The van der Waals surface area contributed by atoms with E-state index in [1.54, 1.807) is 24.4 Å². The second-order valence-electron chi connectivity index (χ2n) is 7.20. The normalized spacial score (nSPS) is 11.4. The van der Waals surface area contributed by atoms with Crippen molar-refractivity contribution in [2.75, 3.05) is 13.2 Å². The smallest absolute Gasteiger partial charge is 0.297 e. The van der Waals surface area contributed by atoms with E-state index >= 15 is 0 Å². The number of nitrogens with zero attached hydrogens (tertiary/aromatic N) is 1. The number of aryl methyl sites for hydroxylation is 1. The quantitative estimate of drug-likeness (QED) is 0.267. The van der Waals surface area contributed by atoms with E-state index in [9.17, 15) is 8.42 Å². The molecule has 164 valence electrons. The Balaban J connectivity index is 1.36. The molecule has 6 nitrogen and oxygen atoms in total. The molecule has 0 saturated heterocycles. The predicted octanol–water partition coefficient (Wildman–Crippen LogP) is 4.91. The molecule has 0 atom stereocenters. The molecule has 0 fully saturated rings. The highest BCUT2D eigenvalue weighted by Crippen LogP contribution is 2.27. The topological polar surface area (TPSA) is 74.7 Å². The van der Waals surface area contributed by atoms with E-state index < -0.39 is 10.1 Å². The number of pyridine rings is 1. The van der Waals surface area contributed by atoms with E-state index in [1.165, 1.54) is 12.1 Å². The van der Waals surface area contributed by atoms with Crippen LogP contribution in [-0.4, -0.2) is 26.6 Å². The molecular formula is C25H23NO5S. The zero-order valence-electron chi connectivity index (χ0n) is 17.6. The van der Waals surface area contributed by atoms with Crippen molar-refractivity contribution in [2.45, 2.75) is 18.4 Å². The largest absolute Gasteiger partial charge is 0.490 e. The number of rotatable bonds is 9. The molecule has 0 radical (unpaired) electrons. The van der Waals surface area contributed by atoms with Crippen molar-refractivity contribution in [1.82, 2.24) is 4.98 Å². The van der Waals surface area contributed by atoms with Crippen molar-refractivity contribution in [3.05, 3.63) is 96.2 Å². The molecule has 0 spiro atoms. The van der Waals surface area contributed by atoms with E-state index in [2.05, 4.69) is 4.98 Å². The van der Waals surface area contributed by atoms with Gasteiger partial charge in [0, 0.05) is 17.6 Å². The molecular weight excluding hydrogens is 426 g/mol. The Labute approximate surface area is 187 Å². The summed E-state index contributed by atoms with van der Waals surface area (Å²) in [7, 11) is -3.82. The molecule has 0 bridgehead atoms. The molecule has 4 aromatic rings. The van der Waals surface area contributed by atoms with Crippen LogP contribution < -0.4 is 9.47 Å². The van der Waals surface area contributed by atoms with Gasteiger partial charge in [0.1, 0.15) is 31.3 Å². The average Bonchev–Trinajstić information content (AvgIpc) is 2.81. The zero-order valence-corrected chi connectivity index (χ0v) is 18.4. The minimum atomic E-state index is -3.82. The van der Waals surface area contributed by atoms with Gasteiger partial charge in [-0.3, -0.25) is 9.17 Å². The third-order valence-electron chi connectivity index (χ3n) is 4.81. The maximum absolute atomic E-state index is 12.3. The van der Waals surface area contributed by atoms with Crippen LogP contribution >= 0.6 is 0 Å². The molecule has 3 aromatic carbocycles. The number of aromatic nitrogens is 1. The summed E-state index contributed by atoms with van der Waals surface area (Å²) in [5.74, 6) is 1.31. The lowest BCUT2D eigenvalue weighted by Gasteiger charge is -2.11. The van der Waals surface area contributed by atoms with Gasteiger partial charge >= 0.3 is 0 Å². The molecule has 1 aromatic heterocycles. The SMILES string of the molecule is Cc1ccc(S(=O)(=O)OCCOc2ccnc3cc(OCc4ccccc4)ccc23)cc1. The summed E-state index contributed by atoms with van der Waals surface area (Å²) in [4.78, 5) is 4.51. The Morgan fingerprint density at radius 1 is 0.844 bits per heavy atom. The standard InChI is InChI=1S/C25H23NO5S/c1-19-7-10-22(11-8-19)32(27,28)31-16-15-29-25-13-14-26-24-17-21(9-12-23(24)25)30-18-20-5-3-2-4-6-20/h2-14,17H,15-16,18H2,1H3. The second-order valence-corrected chi connectivity index (χ2v) is 8.82. The molecule has 1 heterocycles. The van der Waals surface area contributed by atoms with Crippen molar-refractivity contribution in [2.24, 2.45) is 0 Å². The third kappa shape index (κ3) is 5.43. The number of ether oxygens (including phenoxy) is 2. The minimum absolute atomic E-state index is 0.0798. The first-order valence-electron chi connectivity index (χ1n) is 10.2. The second kappa shape index (κ2) is 9.80. The maximum atomic E-state index is 12.3. The maximum Gasteiger partial charge on any atom is 0.297 e. The van der Waals surface area contributed by atoms with E-state index in [0.717, 1.165) is 22.0 Å². The fraction of sp³-hybridized carbons (Fsp3) is 0.160. The third-order valence-corrected chi connectivity index (χ3v) is 6.14. The van der Waals surface area contributed by atoms with Crippen LogP contribution in [0.1, 0.15) is 11.1 Å². The monoisotopic (exact) mass is 449 g/mol. The van der Waals surface area contributed by atoms with Gasteiger partial charge in [-0.05, 0) is 42.8 Å². The van der Waals surface area contributed by atoms with Gasteiger partial charge in [0.2, 0.25) is 0 Å². The molecule has 4 rings (SSSR count). The molecule has 0 aliphatic carbocycles. The summed E-state index contributed by atoms with van der Waals surface area (Å²) in [5.41, 5.74) is 2.78. The highest BCUT2D eigenvalue weighted by molar-refractivity contribution is 7.86. The highest BCUT2D eigenvalue weighted by atomic mass is 32.2. The Kier molecular flexibility index (Phi) is 6.68. The van der Waals surface area contributed by atoms with Gasteiger partial charge in [-0.25, -0.2) is 0 Å². The van der Waals surface area contributed by atoms with Crippen LogP contribution in [0.4, 0.5) is 0 Å². The summed E-state index contributed by atoms with van der Waals surface area (Å²) >= 11 is 0. The number of fused-ring (bicyclic) bond motifs is 1. The summed E-state index contributed by atoms with van der Waals surface area (Å²) in [5, 5.41) is 0.806. The first-order valence-corrected chi connectivity index (χ1v) is 11.6. The first-order chi connectivity index (χ1) is 15.5. The van der Waals surface area contributed by atoms with Crippen LogP contribution in [0.2, 0.25) is 0 Å². The molecule has 0 aliphatic rings. The predicted molar refractivity (Wildman–Crippen MR) is 122 cm³/mol. The van der Waals surface area contributed by atoms with Gasteiger partial charge in [0.25, 0.3) is 10.1 Å². The molecule has 0 N–H and O–H groups in total. The van der Waals surface area contributed by atoms with E-state index in [1.807, 2.05) is 55.5 Å². The fourth-order valence-corrected chi connectivity index (χ4v) is 4.02. The molecule has 0 unspecified atom stereocenters. The van der Waals surface area contributed by atoms with Crippen molar-refractivity contribution in [3.63, 3.8) is 0 Å². The van der Waals surface area contributed by atoms with Gasteiger partial charge < -0.3 is 9.47 Å². The Hall–Kier alpha value is -3.42. The number of benzene rings is 3. The van der Waals surface area contributed by atoms with Crippen molar-refractivity contribution < 1.29 is 22.1 Å².